The second-order valence-corrected chi connectivity index (χ2v) is 6.16. The first-order valence-corrected chi connectivity index (χ1v) is 8.34. The van der Waals surface area contributed by atoms with Crippen molar-refractivity contribution in [3.8, 4) is 11.8 Å². The van der Waals surface area contributed by atoms with Gasteiger partial charge in [0.1, 0.15) is 4.90 Å². The van der Waals surface area contributed by atoms with Crippen LogP contribution in [-0.2, 0) is 14.8 Å². The Bertz CT molecular complexity index is 620. The highest BCUT2D eigenvalue weighted by Gasteiger charge is 2.17. The molecule has 0 atom stereocenters. The highest BCUT2D eigenvalue weighted by atomic mass is 35.5. The minimum atomic E-state index is -3.66. The van der Waals surface area contributed by atoms with Gasteiger partial charge in [0.05, 0.1) is 18.2 Å². The Morgan fingerprint density at radius 3 is 2.81 bits per heavy atom. The summed E-state index contributed by atoms with van der Waals surface area (Å²) in [5, 5.41) is 8.75. The first kappa shape index (κ1) is 18.0. The van der Waals surface area contributed by atoms with Crippen molar-refractivity contribution in [1.82, 2.24) is 4.72 Å². The molecule has 0 saturated heterocycles. The van der Waals surface area contributed by atoms with Crippen LogP contribution in [0.3, 0.4) is 0 Å². The number of ether oxygens (including phenoxy) is 1. The van der Waals surface area contributed by atoms with Crippen molar-refractivity contribution in [2.24, 2.45) is 0 Å². The van der Waals surface area contributed by atoms with Crippen molar-refractivity contribution in [3.05, 3.63) is 28.8 Å². The molecule has 0 amide bonds. The predicted octanol–water partition coefficient (Wildman–Crippen LogP) is 1.39. The molecule has 0 aromatic heterocycles. The Balaban J connectivity index is 2.82. The van der Waals surface area contributed by atoms with Crippen molar-refractivity contribution >= 4 is 21.6 Å². The van der Waals surface area contributed by atoms with Crippen LogP contribution in [0.25, 0.3) is 0 Å². The molecule has 0 unspecified atom stereocenters. The minimum absolute atomic E-state index is 0.00775. The van der Waals surface area contributed by atoms with Crippen molar-refractivity contribution < 1.29 is 18.3 Å². The zero-order valence-corrected chi connectivity index (χ0v) is 13.3. The summed E-state index contributed by atoms with van der Waals surface area (Å²) in [7, 11) is -3.66. The standard InChI is InChI=1S/C14H18ClNO4S/c1-2-20-10-8-16-21(18,19)14-7-6-12(11-13(14)15)5-3-4-9-17/h6-7,11,16-17H,2,4,8-10H2,1H3. The first-order valence-electron chi connectivity index (χ1n) is 6.48. The van der Waals surface area contributed by atoms with E-state index in [2.05, 4.69) is 16.6 Å². The molecule has 0 bridgehead atoms. The van der Waals surface area contributed by atoms with Crippen LogP contribution in [0, 0.1) is 11.8 Å². The lowest BCUT2D eigenvalue weighted by atomic mass is 10.2. The highest BCUT2D eigenvalue weighted by molar-refractivity contribution is 7.89. The monoisotopic (exact) mass is 331 g/mol. The average Bonchev–Trinajstić information content (AvgIpc) is 2.44. The molecule has 21 heavy (non-hydrogen) atoms. The largest absolute Gasteiger partial charge is 0.395 e. The summed E-state index contributed by atoms with van der Waals surface area (Å²) in [6.07, 6.45) is 0.358. The fraction of sp³-hybridized carbons (Fsp3) is 0.429. The molecule has 0 heterocycles. The molecule has 5 nitrogen and oxygen atoms in total. The van der Waals surface area contributed by atoms with Crippen molar-refractivity contribution in [3.63, 3.8) is 0 Å². The molecule has 0 aliphatic heterocycles. The van der Waals surface area contributed by atoms with Gasteiger partial charge in [-0.1, -0.05) is 23.4 Å². The predicted molar refractivity (Wildman–Crippen MR) is 81.7 cm³/mol. The summed E-state index contributed by atoms with van der Waals surface area (Å²) in [6, 6.07) is 4.48. The fourth-order valence-corrected chi connectivity index (χ4v) is 3.04. The van der Waals surface area contributed by atoms with E-state index in [0.29, 0.717) is 25.2 Å². The van der Waals surface area contributed by atoms with Crippen LogP contribution in [0.2, 0.25) is 5.02 Å². The number of benzene rings is 1. The van der Waals surface area contributed by atoms with Crippen molar-refractivity contribution in [2.45, 2.75) is 18.2 Å². The zero-order valence-electron chi connectivity index (χ0n) is 11.7. The molecule has 0 saturated carbocycles. The summed E-state index contributed by atoms with van der Waals surface area (Å²) in [4.78, 5) is 0.00775. The number of rotatable bonds is 7. The number of sulfonamides is 1. The number of aliphatic hydroxyl groups excluding tert-OH is 1. The van der Waals surface area contributed by atoms with Crippen molar-refractivity contribution in [2.75, 3.05) is 26.4 Å². The topological polar surface area (TPSA) is 75.6 Å². The Labute approximate surface area is 130 Å². The molecular weight excluding hydrogens is 314 g/mol. The van der Waals surface area contributed by atoms with Crippen LogP contribution in [0.5, 0.6) is 0 Å². The molecule has 1 aromatic rings. The molecule has 2 N–H and O–H groups in total. The van der Waals surface area contributed by atoms with Gasteiger partial charge in [-0.05, 0) is 25.1 Å². The van der Waals surface area contributed by atoms with E-state index in [1.807, 2.05) is 6.92 Å². The Hall–Kier alpha value is -1.10. The maximum Gasteiger partial charge on any atom is 0.242 e. The average molecular weight is 332 g/mol. The van der Waals surface area contributed by atoms with Gasteiger partial charge in [0.2, 0.25) is 10.0 Å². The zero-order chi connectivity index (χ0) is 15.7. The maximum absolute atomic E-state index is 12.1. The van der Waals surface area contributed by atoms with E-state index in [9.17, 15) is 8.42 Å². The van der Waals surface area contributed by atoms with E-state index in [-0.39, 0.29) is 23.1 Å². The molecular formula is C14H18ClNO4S. The minimum Gasteiger partial charge on any atom is -0.395 e. The summed E-state index contributed by atoms with van der Waals surface area (Å²) in [5.74, 6) is 5.54. The molecule has 0 radical (unpaired) electrons. The number of aliphatic hydroxyl groups is 1. The molecule has 0 fully saturated rings. The Morgan fingerprint density at radius 2 is 2.19 bits per heavy atom. The Kier molecular flexibility index (Phi) is 7.72. The normalized spacial score (nSPS) is 11.0. The van der Waals surface area contributed by atoms with Gasteiger partial charge in [-0.3, -0.25) is 0 Å². The van der Waals surface area contributed by atoms with Crippen LogP contribution in [0.4, 0.5) is 0 Å². The van der Waals surface area contributed by atoms with Gasteiger partial charge in [0, 0.05) is 25.1 Å². The molecule has 0 spiro atoms. The lowest BCUT2D eigenvalue weighted by Gasteiger charge is -2.08. The lowest BCUT2D eigenvalue weighted by molar-refractivity contribution is 0.153. The number of halogens is 1. The SMILES string of the molecule is CCOCCNS(=O)(=O)c1ccc(C#CCCO)cc1Cl. The van der Waals surface area contributed by atoms with E-state index in [1.165, 1.54) is 12.1 Å². The number of hydrogen-bond donors (Lipinski definition) is 2. The Morgan fingerprint density at radius 1 is 1.43 bits per heavy atom. The van der Waals surface area contributed by atoms with Gasteiger partial charge < -0.3 is 9.84 Å². The van der Waals surface area contributed by atoms with Crippen LogP contribution in [0.1, 0.15) is 18.9 Å². The van der Waals surface area contributed by atoms with Crippen LogP contribution in [-0.4, -0.2) is 39.9 Å². The third kappa shape index (κ3) is 6.04. The van der Waals surface area contributed by atoms with E-state index in [4.69, 9.17) is 21.4 Å². The number of nitrogens with one attached hydrogen (secondary N) is 1. The fourth-order valence-electron chi connectivity index (χ4n) is 1.49. The second-order valence-electron chi connectivity index (χ2n) is 4.02. The second kappa shape index (κ2) is 9.03. The van der Waals surface area contributed by atoms with E-state index < -0.39 is 10.0 Å². The summed E-state index contributed by atoms with van der Waals surface area (Å²) in [5.41, 5.74) is 0.599. The third-order valence-electron chi connectivity index (χ3n) is 2.43. The van der Waals surface area contributed by atoms with E-state index in [1.54, 1.807) is 6.07 Å². The molecule has 1 rings (SSSR count). The summed E-state index contributed by atoms with van der Waals surface area (Å²) in [6.45, 7) is 2.84. The lowest BCUT2D eigenvalue weighted by Crippen LogP contribution is -2.27. The van der Waals surface area contributed by atoms with Crippen LogP contribution >= 0.6 is 11.6 Å². The van der Waals surface area contributed by atoms with E-state index in [0.717, 1.165) is 0 Å². The highest BCUT2D eigenvalue weighted by Crippen LogP contribution is 2.22. The third-order valence-corrected chi connectivity index (χ3v) is 4.38. The quantitative estimate of drug-likeness (QED) is 0.585. The molecule has 0 aliphatic carbocycles. The van der Waals surface area contributed by atoms with Gasteiger partial charge in [-0.25, -0.2) is 13.1 Å². The summed E-state index contributed by atoms with van der Waals surface area (Å²) >= 11 is 6.00. The smallest absolute Gasteiger partial charge is 0.242 e. The maximum atomic E-state index is 12.1. The van der Waals surface area contributed by atoms with Crippen molar-refractivity contribution in [1.29, 1.82) is 0 Å². The van der Waals surface area contributed by atoms with Crippen LogP contribution < -0.4 is 4.72 Å². The van der Waals surface area contributed by atoms with Gasteiger partial charge in [0.15, 0.2) is 0 Å². The van der Waals surface area contributed by atoms with Gasteiger partial charge in [-0.15, -0.1) is 0 Å². The van der Waals surface area contributed by atoms with Crippen LogP contribution in [0.15, 0.2) is 23.1 Å². The van der Waals surface area contributed by atoms with Gasteiger partial charge in [0.25, 0.3) is 0 Å². The molecule has 0 aliphatic rings. The summed E-state index contributed by atoms with van der Waals surface area (Å²) < 4.78 is 31.6. The molecule has 1 aromatic carbocycles. The first-order chi connectivity index (χ1) is 10.0. The molecule has 116 valence electrons. The van der Waals surface area contributed by atoms with Gasteiger partial charge in [-0.2, -0.15) is 0 Å². The van der Waals surface area contributed by atoms with E-state index >= 15 is 0 Å². The molecule has 7 heteroatoms. The number of hydrogen-bond acceptors (Lipinski definition) is 4. The van der Waals surface area contributed by atoms with Gasteiger partial charge >= 0.3 is 0 Å².